The number of carbonyl (C=O) groups is 1. The van der Waals surface area contributed by atoms with Crippen LogP contribution in [0.1, 0.15) is 55.1 Å². The van der Waals surface area contributed by atoms with E-state index in [2.05, 4.69) is 11.9 Å². The summed E-state index contributed by atoms with van der Waals surface area (Å²) in [5, 5.41) is 8.71. The minimum absolute atomic E-state index is 0.259. The molecule has 0 saturated carbocycles. The summed E-state index contributed by atoms with van der Waals surface area (Å²) in [6.45, 7) is 2.20. The van der Waals surface area contributed by atoms with E-state index in [1.54, 1.807) is 6.07 Å². The van der Waals surface area contributed by atoms with Crippen molar-refractivity contribution in [2.45, 2.75) is 45.4 Å². The summed E-state index contributed by atoms with van der Waals surface area (Å²) in [6, 6.07) is 3.43. The molecule has 0 aliphatic heterocycles. The van der Waals surface area contributed by atoms with Gasteiger partial charge < -0.3 is 5.11 Å². The third kappa shape index (κ3) is 4.43. The standard InChI is InChI=1S/C13H19NO2/c1-2-3-4-5-6-7-12-9-8-11(10-14-12)13(15)16/h8-10H,2-7H2,1H3,(H,15,16). The van der Waals surface area contributed by atoms with Crippen LogP contribution in [0.3, 0.4) is 0 Å². The highest BCUT2D eigenvalue weighted by Gasteiger charge is 2.02. The molecule has 3 heteroatoms. The first-order valence-electron chi connectivity index (χ1n) is 5.92. The molecule has 0 bridgehead atoms. The van der Waals surface area contributed by atoms with Crippen molar-refractivity contribution in [3.63, 3.8) is 0 Å². The van der Waals surface area contributed by atoms with Gasteiger partial charge in [0, 0.05) is 11.9 Å². The van der Waals surface area contributed by atoms with Crippen LogP contribution >= 0.6 is 0 Å². The van der Waals surface area contributed by atoms with Crippen LogP contribution in [-0.2, 0) is 6.42 Å². The molecule has 88 valence electrons. The lowest BCUT2D eigenvalue weighted by Crippen LogP contribution is -1.98. The molecular weight excluding hydrogens is 202 g/mol. The van der Waals surface area contributed by atoms with Gasteiger partial charge in [0.2, 0.25) is 0 Å². The molecule has 1 aromatic rings. The molecule has 0 aliphatic carbocycles. The number of nitrogens with zero attached hydrogens (tertiary/aromatic N) is 1. The molecule has 0 aromatic carbocycles. The predicted octanol–water partition coefficient (Wildman–Crippen LogP) is 3.29. The van der Waals surface area contributed by atoms with Crippen molar-refractivity contribution in [2.75, 3.05) is 0 Å². The number of hydrogen-bond donors (Lipinski definition) is 1. The Bertz CT molecular complexity index is 319. The first kappa shape index (κ1) is 12.7. The van der Waals surface area contributed by atoms with E-state index in [0.717, 1.165) is 18.5 Å². The van der Waals surface area contributed by atoms with Gasteiger partial charge in [-0.1, -0.05) is 32.6 Å². The van der Waals surface area contributed by atoms with Gasteiger partial charge in [-0.25, -0.2) is 4.79 Å². The van der Waals surface area contributed by atoms with Gasteiger partial charge in [0.05, 0.1) is 5.56 Å². The second-order valence-electron chi connectivity index (χ2n) is 4.01. The minimum atomic E-state index is -0.915. The van der Waals surface area contributed by atoms with E-state index >= 15 is 0 Å². The molecular formula is C13H19NO2. The van der Waals surface area contributed by atoms with Crippen LogP contribution in [0, 0.1) is 0 Å². The van der Waals surface area contributed by atoms with Crippen molar-refractivity contribution in [1.29, 1.82) is 0 Å². The molecule has 0 unspecified atom stereocenters. The van der Waals surface area contributed by atoms with E-state index in [1.807, 2.05) is 6.07 Å². The molecule has 1 heterocycles. The Morgan fingerprint density at radius 3 is 2.56 bits per heavy atom. The van der Waals surface area contributed by atoms with Crippen LogP contribution in [0.25, 0.3) is 0 Å². The van der Waals surface area contributed by atoms with Gasteiger partial charge >= 0.3 is 5.97 Å². The van der Waals surface area contributed by atoms with Gasteiger partial charge in [0.1, 0.15) is 0 Å². The lowest BCUT2D eigenvalue weighted by atomic mass is 10.1. The summed E-state index contributed by atoms with van der Waals surface area (Å²) in [5.74, 6) is -0.915. The summed E-state index contributed by atoms with van der Waals surface area (Å²) in [5.41, 5.74) is 1.25. The number of hydrogen-bond acceptors (Lipinski definition) is 2. The lowest BCUT2D eigenvalue weighted by molar-refractivity contribution is 0.0696. The Morgan fingerprint density at radius 2 is 2.00 bits per heavy atom. The molecule has 0 radical (unpaired) electrons. The zero-order valence-corrected chi connectivity index (χ0v) is 9.78. The topological polar surface area (TPSA) is 50.2 Å². The van der Waals surface area contributed by atoms with Crippen LogP contribution < -0.4 is 0 Å². The smallest absolute Gasteiger partial charge is 0.337 e. The van der Waals surface area contributed by atoms with E-state index in [-0.39, 0.29) is 5.56 Å². The van der Waals surface area contributed by atoms with Crippen molar-refractivity contribution in [1.82, 2.24) is 4.98 Å². The average Bonchev–Trinajstić information content (AvgIpc) is 2.29. The van der Waals surface area contributed by atoms with Crippen LogP contribution in [-0.4, -0.2) is 16.1 Å². The number of rotatable bonds is 7. The Labute approximate surface area is 96.5 Å². The molecule has 0 atom stereocenters. The fraction of sp³-hybridized carbons (Fsp3) is 0.538. The first-order valence-corrected chi connectivity index (χ1v) is 5.92. The lowest BCUT2D eigenvalue weighted by Gasteiger charge is -2.01. The largest absolute Gasteiger partial charge is 0.478 e. The fourth-order valence-corrected chi connectivity index (χ4v) is 1.61. The van der Waals surface area contributed by atoms with Crippen LogP contribution in [0.15, 0.2) is 18.3 Å². The maximum Gasteiger partial charge on any atom is 0.337 e. The summed E-state index contributed by atoms with van der Waals surface area (Å²) < 4.78 is 0. The van der Waals surface area contributed by atoms with Crippen molar-refractivity contribution in [3.8, 4) is 0 Å². The highest BCUT2D eigenvalue weighted by molar-refractivity contribution is 5.87. The summed E-state index contributed by atoms with van der Waals surface area (Å²) in [7, 11) is 0. The molecule has 16 heavy (non-hydrogen) atoms. The number of aromatic carboxylic acids is 1. The third-order valence-corrected chi connectivity index (χ3v) is 2.61. The quantitative estimate of drug-likeness (QED) is 0.719. The molecule has 0 saturated heterocycles. The van der Waals surface area contributed by atoms with Crippen LogP contribution in [0.2, 0.25) is 0 Å². The zero-order valence-electron chi connectivity index (χ0n) is 9.78. The maximum absolute atomic E-state index is 10.6. The monoisotopic (exact) mass is 221 g/mol. The maximum atomic E-state index is 10.6. The molecule has 3 nitrogen and oxygen atoms in total. The Morgan fingerprint density at radius 1 is 1.25 bits per heavy atom. The molecule has 1 aromatic heterocycles. The Hall–Kier alpha value is -1.38. The number of carboxylic acid groups (broad SMARTS) is 1. The molecule has 0 fully saturated rings. The second kappa shape index (κ2) is 6.99. The van der Waals surface area contributed by atoms with Crippen molar-refractivity contribution >= 4 is 5.97 Å². The second-order valence-corrected chi connectivity index (χ2v) is 4.01. The predicted molar refractivity (Wildman–Crippen MR) is 63.7 cm³/mol. The van der Waals surface area contributed by atoms with Gasteiger partial charge in [-0.05, 0) is 25.0 Å². The zero-order chi connectivity index (χ0) is 11.8. The van der Waals surface area contributed by atoms with Crippen LogP contribution in [0.5, 0.6) is 0 Å². The molecule has 1 rings (SSSR count). The molecule has 0 spiro atoms. The van der Waals surface area contributed by atoms with E-state index in [1.165, 1.54) is 31.9 Å². The number of carboxylic acids is 1. The van der Waals surface area contributed by atoms with E-state index < -0.39 is 5.97 Å². The first-order chi connectivity index (χ1) is 7.74. The highest BCUT2D eigenvalue weighted by atomic mass is 16.4. The Kier molecular flexibility index (Phi) is 5.54. The van der Waals surface area contributed by atoms with E-state index in [0.29, 0.717) is 0 Å². The van der Waals surface area contributed by atoms with Crippen molar-refractivity contribution in [3.05, 3.63) is 29.6 Å². The summed E-state index contributed by atoms with van der Waals surface area (Å²) in [6.07, 6.45) is 8.59. The summed E-state index contributed by atoms with van der Waals surface area (Å²) >= 11 is 0. The van der Waals surface area contributed by atoms with E-state index in [4.69, 9.17) is 5.11 Å². The number of pyridine rings is 1. The minimum Gasteiger partial charge on any atom is -0.478 e. The highest BCUT2D eigenvalue weighted by Crippen LogP contribution is 2.08. The van der Waals surface area contributed by atoms with Crippen LogP contribution in [0.4, 0.5) is 0 Å². The number of aryl methyl sites for hydroxylation is 1. The van der Waals surface area contributed by atoms with Gasteiger partial charge in [0.15, 0.2) is 0 Å². The van der Waals surface area contributed by atoms with E-state index in [9.17, 15) is 4.79 Å². The van der Waals surface area contributed by atoms with Gasteiger partial charge in [-0.2, -0.15) is 0 Å². The Balaban J connectivity index is 2.29. The number of unbranched alkanes of at least 4 members (excludes halogenated alkanes) is 4. The SMILES string of the molecule is CCCCCCCc1ccc(C(=O)O)cn1. The van der Waals surface area contributed by atoms with Crippen molar-refractivity contribution in [2.24, 2.45) is 0 Å². The van der Waals surface area contributed by atoms with Gasteiger partial charge in [-0.15, -0.1) is 0 Å². The molecule has 0 amide bonds. The summed E-state index contributed by atoms with van der Waals surface area (Å²) in [4.78, 5) is 14.7. The van der Waals surface area contributed by atoms with Gasteiger partial charge in [-0.3, -0.25) is 4.98 Å². The fourth-order valence-electron chi connectivity index (χ4n) is 1.61. The third-order valence-electron chi connectivity index (χ3n) is 2.61. The van der Waals surface area contributed by atoms with Gasteiger partial charge in [0.25, 0.3) is 0 Å². The van der Waals surface area contributed by atoms with Crippen molar-refractivity contribution < 1.29 is 9.90 Å². The number of aromatic nitrogens is 1. The molecule has 1 N–H and O–H groups in total. The normalized spacial score (nSPS) is 10.3. The molecule has 0 aliphatic rings. The average molecular weight is 221 g/mol.